The zero-order chi connectivity index (χ0) is 36.9. The topological polar surface area (TPSA) is 127 Å². The Morgan fingerprint density at radius 1 is 1.02 bits per heavy atom. The molecule has 3 aliphatic rings. The number of anilines is 2. The van der Waals surface area contributed by atoms with Gasteiger partial charge in [0.05, 0.1) is 52.3 Å². The molecule has 0 bridgehead atoms. The lowest BCUT2D eigenvalue weighted by Crippen LogP contribution is -2.61. The summed E-state index contributed by atoms with van der Waals surface area (Å²) in [6.45, 7) is 3.53. The van der Waals surface area contributed by atoms with Crippen LogP contribution in [0.1, 0.15) is 36.4 Å². The molecule has 5 aromatic rings. The zero-order valence-corrected chi connectivity index (χ0v) is 31.3. The molecule has 274 valence electrons. The number of carbonyl (C=O) groups excluding carboxylic acids is 1. The first kappa shape index (κ1) is 35.3. The Kier molecular flexibility index (Phi) is 9.48. The average molecular weight is 756 g/mol. The van der Waals surface area contributed by atoms with Crippen LogP contribution in [0.3, 0.4) is 0 Å². The van der Waals surface area contributed by atoms with E-state index in [1.807, 2.05) is 41.3 Å². The molecule has 0 saturated carbocycles. The summed E-state index contributed by atoms with van der Waals surface area (Å²) >= 11 is 14.3. The number of aryl methyl sites for hydroxylation is 2. The summed E-state index contributed by atoms with van der Waals surface area (Å²) < 4.78 is 12.4. The smallest absolute Gasteiger partial charge is 0.317 e. The van der Waals surface area contributed by atoms with Crippen LogP contribution < -0.4 is 20.9 Å². The lowest BCUT2D eigenvalue weighted by molar-refractivity contribution is 0.114. The molecule has 2 saturated heterocycles. The van der Waals surface area contributed by atoms with Gasteiger partial charge in [-0.05, 0) is 49.4 Å². The average Bonchev–Trinajstić information content (AvgIpc) is 3.78. The second-order valence-electron chi connectivity index (χ2n) is 14.0. The van der Waals surface area contributed by atoms with E-state index in [9.17, 15) is 9.59 Å². The number of hydrogen-bond donors (Lipinski definition) is 2. The highest BCUT2D eigenvalue weighted by atomic mass is 35.5. The molecule has 12 nitrogen and oxygen atoms in total. The second kappa shape index (κ2) is 14.2. The van der Waals surface area contributed by atoms with E-state index in [1.165, 1.54) is 10.2 Å². The highest BCUT2D eigenvalue weighted by molar-refractivity contribution is 6.39. The lowest BCUT2D eigenvalue weighted by atomic mass is 9.92. The van der Waals surface area contributed by atoms with E-state index >= 15 is 0 Å². The van der Waals surface area contributed by atoms with Crippen LogP contribution in [0.4, 0.5) is 16.3 Å². The number of halogens is 2. The molecule has 3 aromatic heterocycles. The Bertz CT molecular complexity index is 2300. The van der Waals surface area contributed by atoms with Crippen molar-refractivity contribution in [2.45, 2.75) is 37.3 Å². The van der Waals surface area contributed by atoms with E-state index in [0.29, 0.717) is 56.9 Å². The maximum atomic E-state index is 13.0. The molecule has 8 rings (SSSR count). The molecule has 2 atom stereocenters. The number of rotatable bonds is 9. The minimum absolute atomic E-state index is 0.0130. The molecule has 1 aliphatic carbocycles. The van der Waals surface area contributed by atoms with Gasteiger partial charge in [-0.1, -0.05) is 53.5 Å². The number of pyridine rings is 2. The van der Waals surface area contributed by atoms with Crippen LogP contribution in [0, 0.1) is 0 Å². The molecule has 5 heterocycles. The van der Waals surface area contributed by atoms with E-state index in [4.69, 9.17) is 37.7 Å². The van der Waals surface area contributed by atoms with Crippen molar-refractivity contribution in [1.29, 1.82) is 0 Å². The number of likely N-dealkylation sites (tertiary alicyclic amines) is 1. The predicted molar refractivity (Wildman–Crippen MR) is 206 cm³/mol. The van der Waals surface area contributed by atoms with Gasteiger partial charge < -0.3 is 25.0 Å². The summed E-state index contributed by atoms with van der Waals surface area (Å²) in [6, 6.07) is 15.5. The standard InChI is InChI=1S/C39H40Cl2N8O4/c1-47-37(50)32-24(21-43-47)12-15-42-35(32)44-28-9-5-7-26(34(28)41)25-6-4-8-27(33(25)40)29-20-23-10-11-30(31(23)36(45-29)53-3)49-17-14-39(22-49)13-16-48(18-19-52-2)38(51)46-39/h4-9,12,15,20-21,30H,10-11,13-14,16-19,22H2,1-3H3,(H,42,44)(H,46,51)/t30-,39+/m1/s1. The first-order valence-corrected chi connectivity index (χ1v) is 18.5. The third kappa shape index (κ3) is 6.37. The van der Waals surface area contributed by atoms with Gasteiger partial charge in [-0.15, -0.1) is 0 Å². The van der Waals surface area contributed by atoms with Gasteiger partial charge in [-0.2, -0.15) is 5.10 Å². The van der Waals surface area contributed by atoms with Crippen LogP contribution in [0.25, 0.3) is 33.2 Å². The fourth-order valence-corrected chi connectivity index (χ4v) is 8.72. The van der Waals surface area contributed by atoms with Crippen LogP contribution in [-0.2, 0) is 18.2 Å². The SMILES string of the molecule is COCCN1CC[C@@]2(CCN([C@@H]3CCc4cc(-c5cccc(-c6cccc(Nc7nccc8cnn(C)c(=O)c78)c6Cl)c5Cl)nc(OC)c43)C2)NC1=O. The number of ether oxygens (including phenoxy) is 2. The molecular formula is C39H40Cl2N8O4. The van der Waals surface area contributed by atoms with Crippen molar-refractivity contribution in [3.05, 3.63) is 92.5 Å². The molecule has 2 fully saturated rings. The minimum Gasteiger partial charge on any atom is -0.481 e. The number of hydrogen-bond acceptors (Lipinski definition) is 9. The Balaban J connectivity index is 1.07. The van der Waals surface area contributed by atoms with Crippen molar-refractivity contribution in [2.75, 3.05) is 52.3 Å². The summed E-state index contributed by atoms with van der Waals surface area (Å²) in [6.07, 6.45) is 6.89. The first-order chi connectivity index (χ1) is 25.7. The van der Waals surface area contributed by atoms with E-state index < -0.39 is 0 Å². The van der Waals surface area contributed by atoms with Gasteiger partial charge in [0.1, 0.15) is 5.82 Å². The number of benzene rings is 2. The van der Waals surface area contributed by atoms with Gasteiger partial charge >= 0.3 is 6.03 Å². The highest BCUT2D eigenvalue weighted by Crippen LogP contribution is 2.47. The fourth-order valence-electron chi connectivity index (χ4n) is 8.12. The van der Waals surface area contributed by atoms with Gasteiger partial charge in [0.25, 0.3) is 5.56 Å². The summed E-state index contributed by atoms with van der Waals surface area (Å²) in [7, 11) is 4.92. The van der Waals surface area contributed by atoms with E-state index in [0.717, 1.165) is 67.7 Å². The number of nitrogens with one attached hydrogen (secondary N) is 2. The molecule has 1 spiro atoms. The van der Waals surface area contributed by atoms with E-state index in [2.05, 4.69) is 31.7 Å². The van der Waals surface area contributed by atoms with Crippen molar-refractivity contribution in [3.63, 3.8) is 0 Å². The summed E-state index contributed by atoms with van der Waals surface area (Å²) in [5.74, 6) is 0.975. The molecule has 53 heavy (non-hydrogen) atoms. The highest BCUT2D eigenvalue weighted by Gasteiger charge is 2.46. The normalized spacial score (nSPS) is 19.9. The monoisotopic (exact) mass is 754 g/mol. The Labute approximate surface area is 317 Å². The number of fused-ring (bicyclic) bond motifs is 2. The summed E-state index contributed by atoms with van der Waals surface area (Å²) in [4.78, 5) is 39.7. The summed E-state index contributed by atoms with van der Waals surface area (Å²) in [5.41, 5.74) is 5.31. The van der Waals surface area contributed by atoms with Crippen molar-refractivity contribution in [2.24, 2.45) is 7.05 Å². The molecule has 14 heteroatoms. The van der Waals surface area contributed by atoms with Gasteiger partial charge in [0.15, 0.2) is 0 Å². The quantitative estimate of drug-likeness (QED) is 0.171. The fraction of sp³-hybridized carbons (Fsp3) is 0.359. The van der Waals surface area contributed by atoms with Gasteiger partial charge in [0.2, 0.25) is 5.88 Å². The van der Waals surface area contributed by atoms with E-state index in [-0.39, 0.29) is 23.2 Å². The first-order valence-electron chi connectivity index (χ1n) is 17.7. The van der Waals surface area contributed by atoms with Crippen LogP contribution in [0.5, 0.6) is 5.88 Å². The third-order valence-corrected chi connectivity index (χ3v) is 11.7. The predicted octanol–water partition coefficient (Wildman–Crippen LogP) is 6.61. The van der Waals surface area contributed by atoms with Crippen LogP contribution >= 0.6 is 23.2 Å². The number of aromatic nitrogens is 4. The van der Waals surface area contributed by atoms with Crippen molar-refractivity contribution < 1.29 is 14.3 Å². The Hall–Kier alpha value is -4.75. The molecule has 2 aromatic carbocycles. The molecule has 2 amide bonds. The largest absolute Gasteiger partial charge is 0.481 e. The molecule has 0 unspecified atom stereocenters. The Morgan fingerprint density at radius 3 is 2.58 bits per heavy atom. The van der Waals surface area contributed by atoms with E-state index in [1.54, 1.807) is 39.7 Å². The molecule has 0 radical (unpaired) electrons. The van der Waals surface area contributed by atoms with Crippen LogP contribution in [0.2, 0.25) is 10.0 Å². The number of amides is 2. The summed E-state index contributed by atoms with van der Waals surface area (Å²) in [5, 5.41) is 12.8. The van der Waals surface area contributed by atoms with Crippen molar-refractivity contribution in [3.8, 4) is 28.3 Å². The minimum atomic E-state index is -0.266. The second-order valence-corrected chi connectivity index (χ2v) is 14.7. The van der Waals surface area contributed by atoms with Crippen molar-refractivity contribution in [1.82, 2.24) is 34.9 Å². The molecule has 2 N–H and O–H groups in total. The maximum absolute atomic E-state index is 13.0. The van der Waals surface area contributed by atoms with Crippen LogP contribution in [-0.4, -0.2) is 88.1 Å². The number of carbonyl (C=O) groups is 1. The number of urea groups is 1. The lowest BCUT2D eigenvalue weighted by Gasteiger charge is -2.40. The number of methoxy groups -OCH3 is 2. The van der Waals surface area contributed by atoms with Gasteiger partial charge in [-0.3, -0.25) is 9.69 Å². The molecule has 2 aliphatic heterocycles. The van der Waals surface area contributed by atoms with Crippen LogP contribution in [0.15, 0.2) is 65.7 Å². The number of nitrogens with zero attached hydrogens (tertiary/aromatic N) is 6. The Morgan fingerprint density at radius 2 is 1.79 bits per heavy atom. The van der Waals surface area contributed by atoms with Gasteiger partial charge in [-0.25, -0.2) is 19.4 Å². The zero-order valence-electron chi connectivity index (χ0n) is 29.8. The third-order valence-electron chi connectivity index (χ3n) is 10.9. The molecular weight excluding hydrogens is 715 g/mol. The van der Waals surface area contributed by atoms with Crippen molar-refractivity contribution >= 4 is 51.5 Å². The maximum Gasteiger partial charge on any atom is 0.317 e. The van der Waals surface area contributed by atoms with Gasteiger partial charge in [0, 0.05) is 80.2 Å².